The van der Waals surface area contributed by atoms with Crippen molar-refractivity contribution in [2.24, 2.45) is 0 Å². The maximum absolute atomic E-state index is 13.8. The average Bonchev–Trinajstić information content (AvgIpc) is 2.91. The van der Waals surface area contributed by atoms with E-state index in [1.807, 2.05) is 37.3 Å². The van der Waals surface area contributed by atoms with Crippen molar-refractivity contribution in [1.82, 2.24) is 14.9 Å². The number of para-hydroxylation sites is 1. The van der Waals surface area contributed by atoms with Gasteiger partial charge in [0.15, 0.2) is 0 Å². The number of anilines is 1. The number of hydrogen-bond donors (Lipinski definition) is 1. The lowest BCUT2D eigenvalue weighted by Crippen LogP contribution is -2.41. The summed E-state index contributed by atoms with van der Waals surface area (Å²) in [5, 5.41) is 2.82. The van der Waals surface area contributed by atoms with Crippen LogP contribution in [0, 0.1) is 5.82 Å². The van der Waals surface area contributed by atoms with Gasteiger partial charge in [-0.05, 0) is 42.8 Å². The van der Waals surface area contributed by atoms with Crippen LogP contribution in [0.2, 0.25) is 0 Å². The van der Waals surface area contributed by atoms with E-state index in [0.29, 0.717) is 23.6 Å². The highest BCUT2D eigenvalue weighted by molar-refractivity contribution is 6.01. The summed E-state index contributed by atoms with van der Waals surface area (Å²) in [6, 6.07) is 20.8. The van der Waals surface area contributed by atoms with E-state index >= 15 is 0 Å². The molecule has 0 saturated carbocycles. The second-order valence-corrected chi connectivity index (χ2v) is 7.88. The van der Waals surface area contributed by atoms with Crippen LogP contribution in [0.3, 0.4) is 0 Å². The molecule has 0 bridgehead atoms. The molecular weight excluding hydrogens is 459 g/mol. The van der Waals surface area contributed by atoms with Crippen molar-refractivity contribution < 1.29 is 18.7 Å². The summed E-state index contributed by atoms with van der Waals surface area (Å²) in [6.07, 6.45) is 4.26. The van der Waals surface area contributed by atoms with Gasteiger partial charge in [0.1, 0.15) is 23.3 Å². The Balaban J connectivity index is 1.82. The third-order valence-corrected chi connectivity index (χ3v) is 5.42. The van der Waals surface area contributed by atoms with Gasteiger partial charge in [0.05, 0.1) is 12.8 Å². The van der Waals surface area contributed by atoms with Crippen molar-refractivity contribution >= 4 is 17.5 Å². The van der Waals surface area contributed by atoms with E-state index < -0.39 is 23.7 Å². The van der Waals surface area contributed by atoms with Crippen molar-refractivity contribution in [3.8, 4) is 5.75 Å². The smallest absolute Gasteiger partial charge is 0.275 e. The molecule has 1 heterocycles. The zero-order chi connectivity index (χ0) is 25.3. The topological polar surface area (TPSA) is 84.4 Å². The van der Waals surface area contributed by atoms with Gasteiger partial charge < -0.3 is 15.0 Å². The van der Waals surface area contributed by atoms with Gasteiger partial charge in [-0.15, -0.1) is 0 Å². The molecular formula is C28H25FN4O3. The van der Waals surface area contributed by atoms with Crippen LogP contribution < -0.4 is 10.1 Å². The van der Waals surface area contributed by atoms with Crippen LogP contribution >= 0.6 is 0 Å². The van der Waals surface area contributed by atoms with Gasteiger partial charge in [-0.25, -0.2) is 9.37 Å². The first-order valence-corrected chi connectivity index (χ1v) is 11.5. The third kappa shape index (κ3) is 5.90. The number of nitrogens with zero attached hydrogens (tertiary/aromatic N) is 3. The number of amides is 2. The van der Waals surface area contributed by atoms with E-state index in [1.54, 1.807) is 24.3 Å². The highest BCUT2D eigenvalue weighted by Gasteiger charge is 2.35. The van der Waals surface area contributed by atoms with Crippen LogP contribution in [0.15, 0.2) is 97.5 Å². The summed E-state index contributed by atoms with van der Waals surface area (Å²) >= 11 is 0. The van der Waals surface area contributed by atoms with Gasteiger partial charge in [0.2, 0.25) is 0 Å². The number of benzene rings is 3. The Morgan fingerprint density at radius 2 is 1.69 bits per heavy atom. The second kappa shape index (κ2) is 11.7. The largest absolute Gasteiger partial charge is 0.494 e. The molecule has 1 N–H and O–H groups in total. The number of halogens is 1. The second-order valence-electron chi connectivity index (χ2n) is 7.88. The summed E-state index contributed by atoms with van der Waals surface area (Å²) < 4.78 is 19.3. The molecule has 0 aliphatic carbocycles. The lowest BCUT2D eigenvalue weighted by atomic mass is 10.0. The Bertz CT molecular complexity index is 1300. The summed E-state index contributed by atoms with van der Waals surface area (Å²) in [7, 11) is 0. The molecule has 0 radical (unpaired) electrons. The van der Waals surface area contributed by atoms with Crippen molar-refractivity contribution in [1.29, 1.82) is 0 Å². The van der Waals surface area contributed by atoms with Crippen LogP contribution in [0.4, 0.5) is 10.1 Å². The molecule has 0 saturated heterocycles. The summed E-state index contributed by atoms with van der Waals surface area (Å²) in [5.41, 5.74) is 1.82. The van der Waals surface area contributed by atoms with E-state index in [4.69, 9.17) is 4.74 Å². The Morgan fingerprint density at radius 3 is 2.39 bits per heavy atom. The molecule has 0 aliphatic heterocycles. The molecule has 1 aromatic heterocycles. The molecule has 4 aromatic rings. The molecule has 0 spiro atoms. The average molecular weight is 485 g/mol. The Kier molecular flexibility index (Phi) is 7.97. The first-order chi connectivity index (χ1) is 17.6. The first kappa shape index (κ1) is 24.5. The Hall–Kier alpha value is -4.59. The highest BCUT2D eigenvalue weighted by atomic mass is 19.1. The quantitative estimate of drug-likeness (QED) is 0.360. The number of carbonyl (C=O) groups excluding carboxylic acids is 2. The normalized spacial score (nSPS) is 11.4. The molecule has 8 heteroatoms. The van der Waals surface area contributed by atoms with Gasteiger partial charge in [-0.1, -0.05) is 48.5 Å². The molecule has 4 rings (SSSR count). The van der Waals surface area contributed by atoms with Crippen molar-refractivity contribution in [2.75, 3.05) is 11.9 Å². The molecule has 1 atom stereocenters. The Morgan fingerprint density at radius 1 is 0.972 bits per heavy atom. The van der Waals surface area contributed by atoms with Crippen molar-refractivity contribution in [3.05, 3.63) is 120 Å². The number of aromatic nitrogens is 2. The van der Waals surface area contributed by atoms with Gasteiger partial charge in [0.25, 0.3) is 11.8 Å². The summed E-state index contributed by atoms with van der Waals surface area (Å²) in [6.45, 7) is 2.34. The highest BCUT2D eigenvalue weighted by Crippen LogP contribution is 2.33. The van der Waals surface area contributed by atoms with Crippen LogP contribution in [-0.4, -0.2) is 33.3 Å². The van der Waals surface area contributed by atoms with Crippen LogP contribution in [0.25, 0.3) is 0 Å². The number of rotatable bonds is 9. The lowest BCUT2D eigenvalue weighted by Gasteiger charge is -2.32. The standard InChI is InChI=1S/C28H25FN4O3/c1-2-36-25-11-7-6-10-23(25)26(27(34)32-22-14-12-21(29)13-15-22)33(19-20-8-4-3-5-9-20)28(35)24-18-30-16-17-31-24/h3-18,26H,2,19H2,1H3,(H,32,34)/t26-/m0/s1. The van der Waals surface area contributed by atoms with Gasteiger partial charge >= 0.3 is 0 Å². The zero-order valence-electron chi connectivity index (χ0n) is 19.7. The maximum Gasteiger partial charge on any atom is 0.275 e. The SMILES string of the molecule is CCOc1ccccc1[C@@H](C(=O)Nc1ccc(F)cc1)N(Cc1ccccc1)C(=O)c1cnccn1. The van der Waals surface area contributed by atoms with Crippen molar-refractivity contribution in [3.63, 3.8) is 0 Å². The lowest BCUT2D eigenvalue weighted by molar-refractivity contribution is -0.121. The third-order valence-electron chi connectivity index (χ3n) is 5.42. The minimum Gasteiger partial charge on any atom is -0.494 e. The molecule has 0 unspecified atom stereocenters. The molecule has 2 amide bonds. The molecule has 36 heavy (non-hydrogen) atoms. The molecule has 0 aliphatic rings. The number of ether oxygens (including phenoxy) is 1. The van der Waals surface area contributed by atoms with E-state index in [2.05, 4.69) is 15.3 Å². The fourth-order valence-corrected chi connectivity index (χ4v) is 3.81. The predicted molar refractivity (Wildman–Crippen MR) is 134 cm³/mol. The fourth-order valence-electron chi connectivity index (χ4n) is 3.81. The first-order valence-electron chi connectivity index (χ1n) is 11.5. The van der Waals surface area contributed by atoms with Crippen LogP contribution in [0.5, 0.6) is 5.75 Å². The molecule has 3 aromatic carbocycles. The Labute approximate surface area is 208 Å². The van der Waals surface area contributed by atoms with Gasteiger partial charge in [-0.2, -0.15) is 0 Å². The van der Waals surface area contributed by atoms with Crippen LogP contribution in [-0.2, 0) is 11.3 Å². The number of nitrogens with one attached hydrogen (secondary N) is 1. The predicted octanol–water partition coefficient (Wildman–Crippen LogP) is 5.04. The summed E-state index contributed by atoms with van der Waals surface area (Å²) in [4.78, 5) is 37.3. The minimum atomic E-state index is -1.09. The van der Waals surface area contributed by atoms with Gasteiger partial charge in [-0.3, -0.25) is 14.6 Å². The van der Waals surface area contributed by atoms with E-state index in [1.165, 1.54) is 47.8 Å². The maximum atomic E-state index is 13.8. The van der Waals surface area contributed by atoms with Crippen molar-refractivity contribution in [2.45, 2.75) is 19.5 Å². The summed E-state index contributed by atoms with van der Waals surface area (Å²) in [5.74, 6) is -0.904. The van der Waals surface area contributed by atoms with E-state index in [9.17, 15) is 14.0 Å². The molecule has 182 valence electrons. The number of hydrogen-bond acceptors (Lipinski definition) is 5. The van der Waals surface area contributed by atoms with E-state index in [0.717, 1.165) is 5.56 Å². The van der Waals surface area contributed by atoms with E-state index in [-0.39, 0.29) is 12.2 Å². The molecule has 0 fully saturated rings. The molecule has 7 nitrogen and oxygen atoms in total. The van der Waals surface area contributed by atoms with Gasteiger partial charge in [0, 0.05) is 30.2 Å². The monoisotopic (exact) mass is 484 g/mol. The number of carbonyl (C=O) groups is 2. The van der Waals surface area contributed by atoms with Crippen LogP contribution in [0.1, 0.15) is 34.6 Å². The zero-order valence-corrected chi connectivity index (χ0v) is 19.7. The fraction of sp³-hybridized carbons (Fsp3) is 0.143. The minimum absolute atomic E-state index is 0.0990.